The predicted molar refractivity (Wildman–Crippen MR) is 40.7 cm³/mol. The molecule has 0 saturated carbocycles. The molecule has 0 aromatic rings. The Morgan fingerprint density at radius 2 is 1.91 bits per heavy atom. The highest BCUT2D eigenvalue weighted by Gasteiger charge is 2.32. The first kappa shape index (κ1) is 8.01. The van der Waals surface area contributed by atoms with Crippen LogP contribution in [0.15, 0.2) is 24.3 Å². The Hall–Kier alpha value is -1.09. The molecule has 1 radical (unpaired) electrons. The molecule has 0 bridgehead atoms. The highest BCUT2D eigenvalue weighted by molar-refractivity contribution is 5.76. The minimum atomic E-state index is -0.199. The van der Waals surface area contributed by atoms with Crippen LogP contribution in [0.3, 0.4) is 0 Å². The van der Waals surface area contributed by atoms with Gasteiger partial charge in [0.05, 0.1) is 4.79 Å². The van der Waals surface area contributed by atoms with Crippen LogP contribution in [-0.4, -0.2) is 20.1 Å². The van der Waals surface area contributed by atoms with Crippen molar-refractivity contribution in [3.05, 3.63) is 24.3 Å². The smallest absolute Gasteiger partial charge is 0.0875 e. The Morgan fingerprint density at radius 1 is 1.36 bits per heavy atom. The minimum Gasteiger partial charge on any atom is -0.0875 e. The summed E-state index contributed by atoms with van der Waals surface area (Å²) in [5, 5.41) is 0.684. The number of hydrogen-bond acceptors (Lipinski definition) is 2. The summed E-state index contributed by atoms with van der Waals surface area (Å²) in [7, 11) is 3.53. The molecule has 59 valence electrons. The maximum Gasteiger partial charge on any atom is 0.648 e. The lowest BCUT2D eigenvalue weighted by Crippen LogP contribution is -3.05. The number of carbonyl (C=O) groups is 1. The van der Waals surface area contributed by atoms with Crippen LogP contribution < -0.4 is 5.06 Å². The van der Waals surface area contributed by atoms with Crippen molar-refractivity contribution in [1.29, 1.82) is 0 Å². The van der Waals surface area contributed by atoms with E-state index in [1.54, 1.807) is 14.1 Å². The zero-order chi connectivity index (χ0) is 8.27. The SMILES string of the molecule is C[NH+](C)OC(=[O+])C1C=CC=C1. The first-order valence-corrected chi connectivity index (χ1v) is 3.57. The first-order valence-electron chi connectivity index (χ1n) is 3.57. The number of hydrogen-bond donors (Lipinski definition) is 1. The molecule has 1 rings (SSSR count). The third kappa shape index (κ3) is 2.20. The summed E-state index contributed by atoms with van der Waals surface area (Å²) < 4.78 is 0. The number of hydroxylamine groups is 2. The summed E-state index contributed by atoms with van der Waals surface area (Å²) in [6, 6.07) is 0. The maximum atomic E-state index is 11.1. The molecule has 0 aliphatic heterocycles. The van der Waals surface area contributed by atoms with E-state index < -0.39 is 0 Å². The van der Waals surface area contributed by atoms with E-state index in [1.165, 1.54) is 0 Å². The quantitative estimate of drug-likeness (QED) is 0.423. The van der Waals surface area contributed by atoms with Crippen LogP contribution in [0.4, 0.5) is 0 Å². The second-order valence-corrected chi connectivity index (χ2v) is 2.62. The Balaban J connectivity index is 2.42. The second kappa shape index (κ2) is 3.34. The zero-order valence-corrected chi connectivity index (χ0v) is 6.70. The van der Waals surface area contributed by atoms with Gasteiger partial charge in [-0.1, -0.05) is 34.2 Å². The van der Waals surface area contributed by atoms with Crippen molar-refractivity contribution >= 4 is 5.97 Å². The Labute approximate surface area is 65.9 Å². The normalized spacial score (nSPS) is 16.3. The van der Waals surface area contributed by atoms with E-state index in [2.05, 4.69) is 0 Å². The molecule has 3 nitrogen and oxygen atoms in total. The van der Waals surface area contributed by atoms with Gasteiger partial charge in [0, 0.05) is 0 Å². The molecule has 0 unspecified atom stereocenters. The molecule has 0 aromatic heterocycles. The van der Waals surface area contributed by atoms with Gasteiger partial charge in [-0.15, -0.1) is 0 Å². The second-order valence-electron chi connectivity index (χ2n) is 2.62. The van der Waals surface area contributed by atoms with E-state index in [0.29, 0.717) is 5.06 Å². The summed E-state index contributed by atoms with van der Waals surface area (Å²) in [4.78, 5) is 16.0. The van der Waals surface area contributed by atoms with Crippen LogP contribution in [0.25, 0.3) is 0 Å². The van der Waals surface area contributed by atoms with Crippen molar-refractivity contribution in [2.45, 2.75) is 0 Å². The summed E-state index contributed by atoms with van der Waals surface area (Å²) in [6.45, 7) is 0. The van der Waals surface area contributed by atoms with E-state index in [0.717, 1.165) is 0 Å². The van der Waals surface area contributed by atoms with E-state index in [4.69, 9.17) is 4.84 Å². The highest BCUT2D eigenvalue weighted by atomic mass is 16.7. The van der Waals surface area contributed by atoms with Crippen molar-refractivity contribution in [3.63, 3.8) is 0 Å². The number of rotatable bonds is 2. The standard InChI is InChI=1S/C8H11NO2/c1-9(2)11-8(10)7-5-3-4-6-7/h3-7H,1-2H3/q+1/p+1. The molecule has 0 atom stereocenters. The monoisotopic (exact) mass is 154 g/mol. The average Bonchev–Trinajstić information content (AvgIpc) is 2.35. The van der Waals surface area contributed by atoms with E-state index in [-0.39, 0.29) is 11.9 Å². The van der Waals surface area contributed by atoms with Crippen LogP contribution in [0.2, 0.25) is 0 Å². The van der Waals surface area contributed by atoms with Gasteiger partial charge in [0.1, 0.15) is 14.1 Å². The first-order chi connectivity index (χ1) is 5.20. The Morgan fingerprint density at radius 3 is 2.36 bits per heavy atom. The van der Waals surface area contributed by atoms with Gasteiger partial charge in [-0.05, 0) is 0 Å². The Kier molecular flexibility index (Phi) is 2.44. The molecule has 1 N–H and O–H groups in total. The summed E-state index contributed by atoms with van der Waals surface area (Å²) >= 11 is 0. The third-order valence-corrected chi connectivity index (χ3v) is 1.32. The topological polar surface area (TPSA) is 33.6 Å². The maximum absolute atomic E-state index is 11.1. The van der Waals surface area contributed by atoms with Gasteiger partial charge < -0.3 is 0 Å². The van der Waals surface area contributed by atoms with E-state index in [1.807, 2.05) is 24.3 Å². The van der Waals surface area contributed by atoms with Gasteiger partial charge in [-0.2, -0.15) is 0 Å². The molecule has 0 saturated heterocycles. The molecule has 0 heterocycles. The van der Waals surface area contributed by atoms with Crippen molar-refractivity contribution < 1.29 is 14.7 Å². The summed E-state index contributed by atoms with van der Waals surface area (Å²) in [5.41, 5.74) is 0. The lowest BCUT2D eigenvalue weighted by molar-refractivity contribution is -1.04. The predicted octanol–water partition coefficient (Wildman–Crippen LogP) is -0.669. The molecule has 0 amide bonds. The zero-order valence-electron chi connectivity index (χ0n) is 6.70. The van der Waals surface area contributed by atoms with Gasteiger partial charge in [-0.3, -0.25) is 0 Å². The molecule has 0 fully saturated rings. The van der Waals surface area contributed by atoms with Gasteiger partial charge in [-0.25, -0.2) is 0 Å². The van der Waals surface area contributed by atoms with Crippen LogP contribution in [0.1, 0.15) is 0 Å². The minimum absolute atomic E-state index is 0.176. The molecule has 1 aliphatic rings. The summed E-state index contributed by atoms with van der Waals surface area (Å²) in [6.07, 6.45) is 7.31. The lowest BCUT2D eigenvalue weighted by Gasteiger charge is -1.95. The van der Waals surface area contributed by atoms with Gasteiger partial charge in [0.15, 0.2) is 5.92 Å². The highest BCUT2D eigenvalue weighted by Crippen LogP contribution is 2.08. The average molecular weight is 154 g/mol. The number of quaternary nitrogens is 1. The van der Waals surface area contributed by atoms with Crippen molar-refractivity contribution in [2.24, 2.45) is 5.92 Å². The van der Waals surface area contributed by atoms with Crippen LogP contribution in [0, 0.1) is 5.92 Å². The third-order valence-electron chi connectivity index (χ3n) is 1.32. The lowest BCUT2D eigenvalue weighted by atomic mass is 10.2. The summed E-state index contributed by atoms with van der Waals surface area (Å²) in [5.74, 6) is -0.375. The number of allylic oxidation sites excluding steroid dienone is 2. The fourth-order valence-electron chi connectivity index (χ4n) is 0.858. The Bertz CT molecular complexity index is 194. The fourth-order valence-corrected chi connectivity index (χ4v) is 0.858. The van der Waals surface area contributed by atoms with Crippen molar-refractivity contribution in [3.8, 4) is 0 Å². The van der Waals surface area contributed by atoms with Crippen LogP contribution in [-0.2, 0) is 9.63 Å². The van der Waals surface area contributed by atoms with Gasteiger partial charge in [0.25, 0.3) is 0 Å². The van der Waals surface area contributed by atoms with Crippen LogP contribution >= 0.6 is 0 Å². The molecular formula is C8H12NO2+2. The van der Waals surface area contributed by atoms with Crippen molar-refractivity contribution in [1.82, 2.24) is 0 Å². The fraction of sp³-hybridized carbons (Fsp3) is 0.375. The molecule has 11 heavy (non-hydrogen) atoms. The van der Waals surface area contributed by atoms with Gasteiger partial charge >= 0.3 is 5.97 Å². The number of carbonyl (C=O) groups excluding carboxylic acids is 1. The molecule has 0 aromatic carbocycles. The number of nitrogens with one attached hydrogen (secondary N) is 1. The molecule has 0 spiro atoms. The van der Waals surface area contributed by atoms with E-state index >= 15 is 0 Å². The molecule has 3 heteroatoms. The molecule has 1 aliphatic carbocycles. The molecular weight excluding hydrogens is 142 g/mol. The van der Waals surface area contributed by atoms with E-state index in [9.17, 15) is 4.79 Å². The van der Waals surface area contributed by atoms with Gasteiger partial charge in [0.2, 0.25) is 0 Å². The largest absolute Gasteiger partial charge is 0.648 e. The van der Waals surface area contributed by atoms with Crippen LogP contribution in [0.5, 0.6) is 0 Å². The van der Waals surface area contributed by atoms with Crippen molar-refractivity contribution in [2.75, 3.05) is 14.1 Å².